The van der Waals surface area contributed by atoms with Gasteiger partial charge >= 0.3 is 0 Å². The summed E-state index contributed by atoms with van der Waals surface area (Å²) in [4.78, 5) is 31.9. The van der Waals surface area contributed by atoms with Gasteiger partial charge < -0.3 is 14.3 Å². The van der Waals surface area contributed by atoms with E-state index in [1.54, 1.807) is 0 Å². The SMILES string of the molecule is C/C=C(/COOC)C1=C(C)[C@@H]2[C@@H](CCC(C)(C)[Si](C)(C)O)[C@H](CC(C)(C)[Si](C)(C)O)C[C@@H]2O1. The van der Waals surface area contributed by atoms with Gasteiger partial charge in [-0.1, -0.05) is 33.8 Å². The van der Waals surface area contributed by atoms with Crippen molar-refractivity contribution >= 4 is 16.6 Å². The van der Waals surface area contributed by atoms with Crippen LogP contribution in [0.1, 0.15) is 67.2 Å². The minimum Gasteiger partial charge on any atom is -0.489 e. The van der Waals surface area contributed by atoms with Gasteiger partial charge in [0.25, 0.3) is 0 Å². The fraction of sp³-hybridized carbons (Fsp3) is 0.846. The molecule has 4 atom stereocenters. The third kappa shape index (κ3) is 6.22. The normalized spacial score (nSPS) is 27.2. The van der Waals surface area contributed by atoms with Crippen LogP contribution in [0.25, 0.3) is 0 Å². The van der Waals surface area contributed by atoms with Crippen molar-refractivity contribution in [3.05, 3.63) is 23.0 Å². The molecule has 1 aliphatic carbocycles. The Morgan fingerprint density at radius 1 is 1.09 bits per heavy atom. The summed E-state index contributed by atoms with van der Waals surface area (Å²) >= 11 is 0. The molecule has 0 bridgehead atoms. The summed E-state index contributed by atoms with van der Waals surface area (Å²) in [6, 6.07) is 0. The van der Waals surface area contributed by atoms with Gasteiger partial charge in [-0.3, -0.25) is 0 Å². The Morgan fingerprint density at radius 3 is 2.15 bits per heavy atom. The van der Waals surface area contributed by atoms with Crippen LogP contribution in [0.15, 0.2) is 23.0 Å². The first-order valence-electron chi connectivity index (χ1n) is 12.6. The average Bonchev–Trinajstić information content (AvgIpc) is 3.15. The maximum atomic E-state index is 11.0. The number of hydrogen-bond donors (Lipinski definition) is 2. The van der Waals surface area contributed by atoms with Crippen LogP contribution in [0.2, 0.25) is 36.3 Å². The summed E-state index contributed by atoms with van der Waals surface area (Å²) < 4.78 is 6.59. The lowest BCUT2D eigenvalue weighted by Gasteiger charge is -2.40. The second-order valence-corrected chi connectivity index (χ2v) is 21.7. The van der Waals surface area contributed by atoms with Crippen LogP contribution < -0.4 is 0 Å². The van der Waals surface area contributed by atoms with Gasteiger partial charge in [-0.25, -0.2) is 9.78 Å². The lowest BCUT2D eigenvalue weighted by atomic mass is 9.77. The lowest BCUT2D eigenvalue weighted by molar-refractivity contribution is -0.265. The molecule has 1 fully saturated rings. The van der Waals surface area contributed by atoms with Gasteiger partial charge in [-0.2, -0.15) is 0 Å². The van der Waals surface area contributed by atoms with Crippen LogP contribution in [0.3, 0.4) is 0 Å². The third-order valence-corrected chi connectivity index (χ3v) is 16.4. The van der Waals surface area contributed by atoms with Crippen LogP contribution >= 0.6 is 0 Å². The Hall–Kier alpha value is -0.446. The maximum Gasteiger partial charge on any atom is 0.188 e. The van der Waals surface area contributed by atoms with Crippen molar-refractivity contribution in [2.24, 2.45) is 17.8 Å². The molecule has 1 saturated carbocycles. The van der Waals surface area contributed by atoms with Crippen LogP contribution in [-0.2, 0) is 14.5 Å². The molecular weight excluding hydrogens is 448 g/mol. The molecule has 33 heavy (non-hydrogen) atoms. The zero-order valence-electron chi connectivity index (χ0n) is 23.0. The minimum absolute atomic E-state index is 0.0448. The van der Waals surface area contributed by atoms with E-state index < -0.39 is 16.6 Å². The van der Waals surface area contributed by atoms with E-state index in [2.05, 4.69) is 66.9 Å². The van der Waals surface area contributed by atoms with Gasteiger partial charge in [0.05, 0.1) is 7.11 Å². The molecule has 0 spiro atoms. The molecule has 0 aromatic heterocycles. The van der Waals surface area contributed by atoms with Crippen molar-refractivity contribution in [3.63, 3.8) is 0 Å². The van der Waals surface area contributed by atoms with E-state index in [1.165, 1.54) is 12.7 Å². The first kappa shape index (κ1) is 28.8. The van der Waals surface area contributed by atoms with Gasteiger partial charge in [-0.05, 0) is 93.2 Å². The molecule has 0 aromatic rings. The Balaban J connectivity index is 2.36. The van der Waals surface area contributed by atoms with Gasteiger partial charge in [0, 0.05) is 11.5 Å². The van der Waals surface area contributed by atoms with E-state index >= 15 is 0 Å². The summed E-state index contributed by atoms with van der Waals surface area (Å²) in [6.45, 7) is 21.8. The van der Waals surface area contributed by atoms with Gasteiger partial charge in [0.1, 0.15) is 18.5 Å². The highest BCUT2D eigenvalue weighted by atomic mass is 28.4. The van der Waals surface area contributed by atoms with Crippen LogP contribution in [0.4, 0.5) is 0 Å². The van der Waals surface area contributed by atoms with E-state index in [0.717, 1.165) is 37.0 Å². The Morgan fingerprint density at radius 2 is 1.67 bits per heavy atom. The Kier molecular flexibility index (Phi) is 8.96. The highest BCUT2D eigenvalue weighted by Gasteiger charge is 2.53. The molecule has 0 unspecified atom stereocenters. The topological polar surface area (TPSA) is 68.2 Å². The van der Waals surface area contributed by atoms with Crippen molar-refractivity contribution in [1.82, 2.24) is 0 Å². The smallest absolute Gasteiger partial charge is 0.188 e. The monoisotopic (exact) mass is 498 g/mol. The fourth-order valence-electron chi connectivity index (χ4n) is 5.43. The van der Waals surface area contributed by atoms with E-state index in [4.69, 9.17) is 14.5 Å². The van der Waals surface area contributed by atoms with Crippen molar-refractivity contribution in [3.8, 4) is 0 Å². The second-order valence-electron chi connectivity index (χ2n) is 12.7. The van der Waals surface area contributed by atoms with E-state index in [0.29, 0.717) is 24.4 Å². The first-order chi connectivity index (χ1) is 15.0. The largest absolute Gasteiger partial charge is 0.489 e. The Bertz CT molecular complexity index is 743. The summed E-state index contributed by atoms with van der Waals surface area (Å²) in [7, 11) is -3.05. The van der Waals surface area contributed by atoms with E-state index in [1.807, 2.05) is 6.92 Å². The number of hydrogen-bond acceptors (Lipinski definition) is 5. The highest BCUT2D eigenvalue weighted by Crippen LogP contribution is 2.57. The predicted molar refractivity (Wildman–Crippen MR) is 141 cm³/mol. The minimum atomic E-state index is -2.30. The summed E-state index contributed by atoms with van der Waals surface area (Å²) in [6.07, 6.45) is 6.36. The molecule has 0 saturated heterocycles. The quantitative estimate of drug-likeness (QED) is 0.192. The Labute approximate surface area is 204 Å². The van der Waals surface area contributed by atoms with Gasteiger partial charge in [0.2, 0.25) is 0 Å². The van der Waals surface area contributed by atoms with Gasteiger partial charge in [0.15, 0.2) is 16.6 Å². The molecule has 2 rings (SSSR count). The maximum absolute atomic E-state index is 11.0. The van der Waals surface area contributed by atoms with Crippen molar-refractivity contribution in [2.75, 3.05) is 13.7 Å². The summed E-state index contributed by atoms with van der Waals surface area (Å²) in [5.41, 5.74) is 2.35. The van der Waals surface area contributed by atoms with Crippen LogP contribution in [-0.4, -0.2) is 46.0 Å². The molecule has 1 heterocycles. The molecule has 0 amide bonds. The zero-order valence-corrected chi connectivity index (χ0v) is 25.0. The number of allylic oxidation sites excluding steroid dienone is 1. The molecule has 2 aliphatic rings. The standard InChI is InChI=1S/C26H50O5Si2/c1-12-19(17-30-29-7)24-18(2)23-21(13-14-25(3,4)32(8,9)27)20(15-22(23)31-24)16-26(5,6)33(10,11)28/h12,20-23,27-28H,13-17H2,1-11H3/b19-12-/t20-,21-,22-,23+/m0/s1. The fourth-order valence-corrected chi connectivity index (χ4v) is 6.94. The zero-order chi connectivity index (χ0) is 25.4. The van der Waals surface area contributed by atoms with Crippen molar-refractivity contribution < 1.29 is 24.1 Å². The number of fused-ring (bicyclic) bond motifs is 1. The predicted octanol–water partition coefficient (Wildman–Crippen LogP) is 6.56. The van der Waals surface area contributed by atoms with Crippen molar-refractivity contribution in [2.45, 2.75) is 110 Å². The average molecular weight is 499 g/mol. The lowest BCUT2D eigenvalue weighted by Crippen LogP contribution is -2.41. The highest BCUT2D eigenvalue weighted by molar-refractivity contribution is 6.73. The third-order valence-electron chi connectivity index (χ3n) is 9.29. The second kappa shape index (κ2) is 10.3. The molecule has 192 valence electrons. The molecule has 2 N–H and O–H groups in total. The summed E-state index contributed by atoms with van der Waals surface area (Å²) in [5.74, 6) is 2.34. The first-order valence-corrected chi connectivity index (χ1v) is 18.5. The van der Waals surface area contributed by atoms with Gasteiger partial charge in [-0.15, -0.1) is 0 Å². The summed E-state index contributed by atoms with van der Waals surface area (Å²) in [5, 5.41) is -0.104. The van der Waals surface area contributed by atoms with Crippen molar-refractivity contribution in [1.29, 1.82) is 0 Å². The van der Waals surface area contributed by atoms with E-state index in [9.17, 15) is 9.59 Å². The molecule has 7 heteroatoms. The van der Waals surface area contributed by atoms with E-state index in [-0.39, 0.29) is 16.2 Å². The molecule has 5 nitrogen and oxygen atoms in total. The molecule has 0 aromatic carbocycles. The molecular formula is C26H50O5Si2. The van der Waals surface area contributed by atoms with Crippen LogP contribution in [0, 0.1) is 17.8 Å². The number of ether oxygens (including phenoxy) is 1. The number of rotatable bonds is 11. The molecule has 1 aliphatic heterocycles. The van der Waals surface area contributed by atoms with Crippen LogP contribution in [0.5, 0.6) is 0 Å². The molecule has 0 radical (unpaired) electrons.